The molecule has 1 aromatic heterocycles. The van der Waals surface area contributed by atoms with Gasteiger partial charge in [-0.2, -0.15) is 4.98 Å². The van der Waals surface area contributed by atoms with Crippen molar-refractivity contribution in [1.82, 2.24) is 14.8 Å². The lowest BCUT2D eigenvalue weighted by atomic mass is 9.73. The molecule has 2 aromatic carbocycles. The van der Waals surface area contributed by atoms with E-state index in [0.29, 0.717) is 35.6 Å². The van der Waals surface area contributed by atoms with Crippen molar-refractivity contribution in [3.05, 3.63) is 68.8 Å². The molecule has 0 saturated heterocycles. The summed E-state index contributed by atoms with van der Waals surface area (Å²) < 4.78 is 14.6. The van der Waals surface area contributed by atoms with Gasteiger partial charge >= 0.3 is 0 Å². The first-order valence-corrected chi connectivity index (χ1v) is 14.2. The van der Waals surface area contributed by atoms with Crippen LogP contribution in [-0.2, 0) is 11.4 Å². The van der Waals surface area contributed by atoms with Crippen molar-refractivity contribution in [2.75, 3.05) is 18.2 Å². The van der Waals surface area contributed by atoms with Crippen LogP contribution in [0.4, 0.5) is 5.95 Å². The number of aromatic nitrogens is 3. The molecule has 194 valence electrons. The fraction of sp³-hybridized carbons (Fsp3) is 0.393. The Bertz CT molecular complexity index is 1400. The minimum absolute atomic E-state index is 0.123. The van der Waals surface area contributed by atoms with Gasteiger partial charge in [-0.05, 0) is 63.7 Å². The number of benzene rings is 2. The highest BCUT2D eigenvalue weighted by atomic mass is 79.9. The van der Waals surface area contributed by atoms with Crippen LogP contribution in [0.25, 0.3) is 0 Å². The molecule has 1 atom stereocenters. The quantitative estimate of drug-likeness (QED) is 0.310. The van der Waals surface area contributed by atoms with Gasteiger partial charge in [0.15, 0.2) is 17.3 Å². The minimum atomic E-state index is -0.412. The van der Waals surface area contributed by atoms with Crippen LogP contribution in [-0.4, -0.2) is 33.4 Å². The molecular weight excluding hydrogens is 552 g/mol. The molecule has 0 saturated carbocycles. The molecule has 9 heteroatoms. The van der Waals surface area contributed by atoms with E-state index >= 15 is 0 Å². The van der Waals surface area contributed by atoms with Gasteiger partial charge in [0.05, 0.1) is 11.6 Å². The first-order chi connectivity index (χ1) is 17.7. The third-order valence-electron chi connectivity index (χ3n) is 6.62. The number of halogens is 1. The van der Waals surface area contributed by atoms with E-state index in [9.17, 15) is 4.79 Å². The van der Waals surface area contributed by atoms with E-state index in [2.05, 4.69) is 61.1 Å². The minimum Gasteiger partial charge on any atom is -0.493 e. The van der Waals surface area contributed by atoms with Crippen molar-refractivity contribution in [2.24, 2.45) is 5.41 Å². The van der Waals surface area contributed by atoms with E-state index in [1.165, 1.54) is 5.56 Å². The number of aryl methyl sites for hydroxylation is 1. The Kier molecular flexibility index (Phi) is 7.11. The Hall–Kier alpha value is -2.78. The molecule has 2 heterocycles. The zero-order valence-electron chi connectivity index (χ0n) is 21.7. The number of nitrogens with one attached hydrogen (secondary N) is 1. The van der Waals surface area contributed by atoms with Crippen molar-refractivity contribution in [2.45, 2.75) is 58.3 Å². The topological polar surface area (TPSA) is 78.3 Å². The number of ether oxygens (including phenoxy) is 2. The first kappa shape index (κ1) is 25.9. The smallest absolute Gasteiger partial charge is 0.227 e. The number of Topliss-reactive ketones (excluding diaryl/α,β-unsaturated/α-hetero) is 1. The predicted molar refractivity (Wildman–Crippen MR) is 149 cm³/mol. The number of methoxy groups -OCH3 is 1. The number of hydrogen-bond donors (Lipinski definition) is 1. The molecule has 7 nitrogen and oxygen atoms in total. The summed E-state index contributed by atoms with van der Waals surface area (Å²) in [6.45, 7) is 8.80. The van der Waals surface area contributed by atoms with Crippen LogP contribution in [0.2, 0.25) is 0 Å². The summed E-state index contributed by atoms with van der Waals surface area (Å²) in [4.78, 5) is 18.3. The highest BCUT2D eigenvalue weighted by Gasteiger charge is 2.42. The van der Waals surface area contributed by atoms with Gasteiger partial charge < -0.3 is 14.8 Å². The molecule has 37 heavy (non-hydrogen) atoms. The second kappa shape index (κ2) is 10.2. The highest BCUT2D eigenvalue weighted by molar-refractivity contribution is 9.10. The molecule has 0 radical (unpaired) electrons. The van der Waals surface area contributed by atoms with Crippen LogP contribution >= 0.6 is 27.7 Å². The number of ketones is 1. The maximum Gasteiger partial charge on any atom is 0.227 e. The van der Waals surface area contributed by atoms with E-state index < -0.39 is 6.04 Å². The summed E-state index contributed by atoms with van der Waals surface area (Å²) in [6, 6.07) is 11.8. The lowest BCUT2D eigenvalue weighted by Crippen LogP contribution is -2.36. The number of carbonyl (C=O) groups is 1. The molecule has 2 aliphatic rings. The van der Waals surface area contributed by atoms with Gasteiger partial charge in [-0.15, -0.1) is 5.10 Å². The molecule has 3 aromatic rings. The van der Waals surface area contributed by atoms with Crippen LogP contribution in [0, 0.1) is 12.3 Å². The SMILES string of the molecule is CCSc1nc2n(n1)C(c1cc(Br)c(OCc3cccc(C)c3)c(OC)c1)C1=C(CC(C)(C)CC1=O)N2. The second-order valence-corrected chi connectivity index (χ2v) is 12.4. The lowest BCUT2D eigenvalue weighted by molar-refractivity contribution is -0.118. The standard InChI is InChI=1S/C28H31BrN4O3S/c1-6-37-27-31-26-30-20-13-28(3,4)14-21(34)23(20)24(33(26)32-27)18-11-19(29)25(22(12-18)35-5)36-15-17-9-7-8-16(2)10-17/h7-12,24H,6,13-15H2,1-5H3,(H,30,31,32). The summed E-state index contributed by atoms with van der Waals surface area (Å²) in [5.74, 6) is 2.85. The van der Waals surface area contributed by atoms with Gasteiger partial charge in [0.25, 0.3) is 0 Å². The second-order valence-electron chi connectivity index (χ2n) is 10.3. The Morgan fingerprint density at radius 3 is 2.78 bits per heavy atom. The number of rotatable bonds is 7. The largest absolute Gasteiger partial charge is 0.493 e. The van der Waals surface area contributed by atoms with Crippen molar-refractivity contribution in [3.8, 4) is 11.5 Å². The Balaban J connectivity index is 1.57. The fourth-order valence-electron chi connectivity index (χ4n) is 5.08. The van der Waals surface area contributed by atoms with Crippen molar-refractivity contribution < 1.29 is 14.3 Å². The molecule has 1 aliphatic carbocycles. The van der Waals surface area contributed by atoms with E-state index in [1.54, 1.807) is 18.9 Å². The zero-order chi connectivity index (χ0) is 26.3. The number of allylic oxidation sites excluding steroid dienone is 2. The van der Waals surface area contributed by atoms with Gasteiger partial charge in [-0.3, -0.25) is 4.79 Å². The number of thioether (sulfide) groups is 1. The van der Waals surface area contributed by atoms with E-state index in [-0.39, 0.29) is 11.2 Å². The molecule has 1 unspecified atom stereocenters. The maximum absolute atomic E-state index is 13.5. The molecule has 0 amide bonds. The van der Waals surface area contributed by atoms with Gasteiger partial charge in [0.2, 0.25) is 11.1 Å². The van der Waals surface area contributed by atoms with Gasteiger partial charge in [-0.1, -0.05) is 62.4 Å². The third kappa shape index (κ3) is 5.16. The highest BCUT2D eigenvalue weighted by Crippen LogP contribution is 2.48. The fourth-order valence-corrected chi connectivity index (χ4v) is 6.21. The number of hydrogen-bond acceptors (Lipinski definition) is 7. The number of nitrogens with zero attached hydrogens (tertiary/aromatic N) is 3. The summed E-state index contributed by atoms with van der Waals surface area (Å²) in [5.41, 5.74) is 4.69. The number of fused-ring (bicyclic) bond motifs is 1. The molecule has 0 spiro atoms. The molecule has 0 bridgehead atoms. The van der Waals surface area contributed by atoms with Crippen molar-refractivity contribution in [3.63, 3.8) is 0 Å². The molecule has 1 aliphatic heterocycles. The van der Waals surface area contributed by atoms with Crippen molar-refractivity contribution >= 4 is 39.4 Å². The first-order valence-electron chi connectivity index (χ1n) is 12.4. The van der Waals surface area contributed by atoms with Gasteiger partial charge in [0, 0.05) is 17.7 Å². The third-order valence-corrected chi connectivity index (χ3v) is 7.93. The van der Waals surface area contributed by atoms with Gasteiger partial charge in [-0.25, -0.2) is 4.68 Å². The number of carbonyl (C=O) groups excluding carboxylic acids is 1. The Morgan fingerprint density at radius 1 is 1.24 bits per heavy atom. The molecule has 0 fully saturated rings. The van der Waals surface area contributed by atoms with E-state index in [0.717, 1.165) is 39.0 Å². The van der Waals surface area contributed by atoms with Crippen LogP contribution in [0.5, 0.6) is 11.5 Å². The summed E-state index contributed by atoms with van der Waals surface area (Å²) in [7, 11) is 1.63. The number of anilines is 1. The predicted octanol–water partition coefficient (Wildman–Crippen LogP) is 6.71. The Morgan fingerprint density at radius 2 is 2.05 bits per heavy atom. The zero-order valence-corrected chi connectivity index (χ0v) is 24.1. The summed E-state index contributed by atoms with van der Waals surface area (Å²) >= 11 is 5.29. The molecule has 5 rings (SSSR count). The van der Waals surface area contributed by atoms with E-state index in [4.69, 9.17) is 19.6 Å². The lowest BCUT2D eigenvalue weighted by Gasteiger charge is -2.38. The average molecular weight is 584 g/mol. The normalized spacial score (nSPS) is 18.2. The Labute approximate surface area is 230 Å². The van der Waals surface area contributed by atoms with Crippen LogP contribution in [0.3, 0.4) is 0 Å². The maximum atomic E-state index is 13.5. The van der Waals surface area contributed by atoms with Crippen molar-refractivity contribution in [1.29, 1.82) is 0 Å². The molecular formula is C28H31BrN4O3S. The average Bonchev–Trinajstić information content (AvgIpc) is 3.23. The molecule has 1 N–H and O–H groups in total. The van der Waals surface area contributed by atoms with E-state index in [1.807, 2.05) is 28.9 Å². The van der Waals surface area contributed by atoms with Crippen LogP contribution < -0.4 is 14.8 Å². The monoisotopic (exact) mass is 582 g/mol. The van der Waals surface area contributed by atoms with Gasteiger partial charge in [0.1, 0.15) is 12.6 Å². The van der Waals surface area contributed by atoms with Crippen LogP contribution in [0.1, 0.15) is 56.3 Å². The van der Waals surface area contributed by atoms with Crippen LogP contribution in [0.15, 0.2) is 57.3 Å². The summed E-state index contributed by atoms with van der Waals surface area (Å²) in [6.07, 6.45) is 1.25. The summed E-state index contributed by atoms with van der Waals surface area (Å²) in [5, 5.41) is 8.90.